The number of hydrogen-bond donors (Lipinski definition) is 1. The number of nitrogens with one attached hydrogen (secondary N) is 1. The molecule has 3 heterocycles. The van der Waals surface area contributed by atoms with E-state index in [1.54, 1.807) is 11.6 Å². The molecule has 2 aromatic heterocycles. The molecule has 24 heavy (non-hydrogen) atoms. The normalized spacial score (nSPS) is 19.7. The maximum Gasteiger partial charge on any atom is 0.272 e. The van der Waals surface area contributed by atoms with E-state index in [4.69, 9.17) is 9.47 Å². The molecule has 7 nitrogen and oxygen atoms in total. The first-order valence-electron chi connectivity index (χ1n) is 7.64. The third kappa shape index (κ3) is 3.49. The summed E-state index contributed by atoms with van der Waals surface area (Å²) < 4.78 is 12.5. The highest BCUT2D eigenvalue weighted by Gasteiger charge is 2.33. The van der Waals surface area contributed by atoms with Gasteiger partial charge in [-0.25, -0.2) is 4.98 Å². The van der Waals surface area contributed by atoms with Gasteiger partial charge in [-0.2, -0.15) is 0 Å². The van der Waals surface area contributed by atoms with E-state index >= 15 is 0 Å². The Hall–Kier alpha value is -1.42. The number of fused-ring (bicyclic) bond motifs is 1. The lowest BCUT2D eigenvalue weighted by atomic mass is 10.3. The van der Waals surface area contributed by atoms with Crippen molar-refractivity contribution in [3.63, 3.8) is 0 Å². The number of amides is 1. The Morgan fingerprint density at radius 2 is 2.38 bits per heavy atom. The molecule has 0 bridgehead atoms. The van der Waals surface area contributed by atoms with E-state index in [9.17, 15) is 9.59 Å². The zero-order valence-corrected chi connectivity index (χ0v) is 15.3. The van der Waals surface area contributed by atoms with Gasteiger partial charge in [-0.15, -0.1) is 23.1 Å². The van der Waals surface area contributed by atoms with Gasteiger partial charge in [0.15, 0.2) is 10.7 Å². The third-order valence-electron chi connectivity index (χ3n) is 3.50. The second-order valence-electron chi connectivity index (χ2n) is 5.75. The van der Waals surface area contributed by atoms with Crippen LogP contribution in [0.4, 0.5) is 0 Å². The molecule has 9 heteroatoms. The lowest BCUT2D eigenvalue weighted by Gasteiger charge is -2.17. The topological polar surface area (TPSA) is 81.9 Å². The molecule has 1 saturated heterocycles. The molecule has 0 saturated carbocycles. The van der Waals surface area contributed by atoms with Gasteiger partial charge >= 0.3 is 0 Å². The molecule has 130 valence electrons. The number of ether oxygens (including phenoxy) is 2. The maximum atomic E-state index is 12.6. The van der Waals surface area contributed by atoms with Gasteiger partial charge in [0.1, 0.15) is 16.7 Å². The van der Waals surface area contributed by atoms with Gasteiger partial charge in [-0.3, -0.25) is 14.0 Å². The highest BCUT2D eigenvalue weighted by atomic mass is 32.2. The molecular formula is C15H19N3O4S2. The van der Waals surface area contributed by atoms with Crippen LogP contribution in [0.1, 0.15) is 31.1 Å². The van der Waals surface area contributed by atoms with Gasteiger partial charge in [0.25, 0.3) is 11.5 Å². The van der Waals surface area contributed by atoms with Crippen molar-refractivity contribution >= 4 is 34.0 Å². The van der Waals surface area contributed by atoms with Crippen molar-refractivity contribution in [1.82, 2.24) is 14.7 Å². The molecule has 1 amide bonds. The summed E-state index contributed by atoms with van der Waals surface area (Å²) in [5, 5.41) is 5.01. The van der Waals surface area contributed by atoms with E-state index in [2.05, 4.69) is 10.3 Å². The summed E-state index contributed by atoms with van der Waals surface area (Å²) in [5.41, 5.74) is -0.269. The molecule has 2 aromatic rings. The lowest BCUT2D eigenvalue weighted by Crippen LogP contribution is -2.38. The lowest BCUT2D eigenvalue weighted by molar-refractivity contribution is -0.137. The zero-order chi connectivity index (χ0) is 17.3. The van der Waals surface area contributed by atoms with Gasteiger partial charge in [-0.05, 0) is 19.6 Å². The van der Waals surface area contributed by atoms with Gasteiger partial charge in [0.05, 0.1) is 6.61 Å². The highest BCUT2D eigenvalue weighted by molar-refractivity contribution is 7.99. The van der Waals surface area contributed by atoms with Crippen molar-refractivity contribution < 1.29 is 14.3 Å². The minimum Gasteiger partial charge on any atom is -0.349 e. The molecule has 1 N–H and O–H groups in total. The van der Waals surface area contributed by atoms with E-state index in [0.29, 0.717) is 16.6 Å². The van der Waals surface area contributed by atoms with Crippen molar-refractivity contribution in [3.8, 4) is 0 Å². The third-order valence-corrected chi connectivity index (χ3v) is 5.11. The fraction of sp³-hybridized carbons (Fsp3) is 0.533. The van der Waals surface area contributed by atoms with Crippen LogP contribution >= 0.6 is 23.1 Å². The minimum atomic E-state index is -0.644. The van der Waals surface area contributed by atoms with E-state index in [-0.39, 0.29) is 23.8 Å². The smallest absolute Gasteiger partial charge is 0.272 e. The van der Waals surface area contributed by atoms with Crippen molar-refractivity contribution in [2.75, 3.05) is 18.9 Å². The first-order chi connectivity index (χ1) is 11.4. The van der Waals surface area contributed by atoms with E-state index in [1.807, 2.05) is 20.8 Å². The van der Waals surface area contributed by atoms with Crippen LogP contribution in [0.25, 0.3) is 4.96 Å². The summed E-state index contributed by atoms with van der Waals surface area (Å²) in [4.78, 5) is 30.2. The molecule has 1 aliphatic rings. The average Bonchev–Trinajstić information content (AvgIpc) is 3.11. The van der Waals surface area contributed by atoms with Crippen molar-refractivity contribution in [1.29, 1.82) is 0 Å². The number of thioether (sulfide) groups is 1. The van der Waals surface area contributed by atoms with E-state index < -0.39 is 11.7 Å². The summed E-state index contributed by atoms with van der Waals surface area (Å²) in [7, 11) is 0. The Bertz CT molecular complexity index is 815. The monoisotopic (exact) mass is 369 g/mol. The molecule has 0 aliphatic carbocycles. The molecule has 0 spiro atoms. The van der Waals surface area contributed by atoms with Crippen LogP contribution in [0, 0.1) is 0 Å². The summed E-state index contributed by atoms with van der Waals surface area (Å²) in [6, 6.07) is 0. The van der Waals surface area contributed by atoms with Gasteiger partial charge in [0, 0.05) is 18.1 Å². The fourth-order valence-electron chi connectivity index (χ4n) is 2.46. The Morgan fingerprint density at radius 1 is 1.58 bits per heavy atom. The summed E-state index contributed by atoms with van der Waals surface area (Å²) in [6.07, 6.45) is 1.40. The van der Waals surface area contributed by atoms with E-state index in [0.717, 1.165) is 5.75 Å². The second-order valence-corrected chi connectivity index (χ2v) is 7.87. The zero-order valence-electron chi connectivity index (χ0n) is 13.7. The Balaban J connectivity index is 1.82. The second kappa shape index (κ2) is 6.83. The molecule has 1 unspecified atom stereocenters. The molecule has 1 aliphatic heterocycles. The Kier molecular flexibility index (Phi) is 4.95. The standard InChI is InChI=1S/C15H19N3O4S2/c1-4-23-12-10(13(20)18-5-6-24-14(18)17-12)11(19)16-7-9-8-21-15(2,3)22-9/h5-6,9H,4,7-8H2,1-3H3,(H,16,19). The Morgan fingerprint density at radius 3 is 3.04 bits per heavy atom. The van der Waals surface area contributed by atoms with E-state index in [1.165, 1.54) is 27.5 Å². The van der Waals surface area contributed by atoms with Crippen LogP contribution in [-0.2, 0) is 9.47 Å². The predicted molar refractivity (Wildman–Crippen MR) is 93.0 cm³/mol. The van der Waals surface area contributed by atoms with Crippen LogP contribution in [0.3, 0.4) is 0 Å². The molecule has 0 aromatic carbocycles. The van der Waals surface area contributed by atoms with Crippen molar-refractivity contribution in [3.05, 3.63) is 27.5 Å². The summed E-state index contributed by atoms with van der Waals surface area (Å²) in [5.74, 6) is -0.352. The first-order valence-corrected chi connectivity index (χ1v) is 9.50. The van der Waals surface area contributed by atoms with Crippen LogP contribution in [0.2, 0.25) is 0 Å². The number of thiazole rings is 1. The van der Waals surface area contributed by atoms with Crippen LogP contribution in [0.15, 0.2) is 21.4 Å². The quantitative estimate of drug-likeness (QED) is 0.639. The maximum absolute atomic E-state index is 12.6. The molecule has 0 radical (unpaired) electrons. The first kappa shape index (κ1) is 17.4. The summed E-state index contributed by atoms with van der Waals surface area (Å²) in [6.45, 7) is 6.29. The molecule has 1 atom stereocenters. The number of nitrogens with zero attached hydrogens (tertiary/aromatic N) is 2. The molecule has 3 rings (SSSR count). The SMILES string of the molecule is CCSc1nc2sccn2c(=O)c1C(=O)NCC1COC(C)(C)O1. The molecule has 1 fully saturated rings. The summed E-state index contributed by atoms with van der Waals surface area (Å²) >= 11 is 2.75. The Labute approximate surface area is 147 Å². The fourth-order valence-corrected chi connectivity index (χ4v) is 3.97. The van der Waals surface area contributed by atoms with Gasteiger partial charge in [-0.1, -0.05) is 6.92 Å². The largest absolute Gasteiger partial charge is 0.349 e. The predicted octanol–water partition coefficient (Wildman–Crippen LogP) is 1.75. The van der Waals surface area contributed by atoms with Crippen LogP contribution < -0.4 is 10.9 Å². The number of carbonyl (C=O) groups excluding carboxylic acids is 1. The number of rotatable bonds is 5. The van der Waals surface area contributed by atoms with Crippen molar-refractivity contribution in [2.24, 2.45) is 0 Å². The number of carbonyl (C=O) groups is 1. The number of aromatic nitrogens is 2. The molecular weight excluding hydrogens is 350 g/mol. The number of hydrogen-bond acceptors (Lipinski definition) is 7. The van der Waals surface area contributed by atoms with Gasteiger partial charge in [0.2, 0.25) is 0 Å². The van der Waals surface area contributed by atoms with Crippen molar-refractivity contribution in [2.45, 2.75) is 37.7 Å². The average molecular weight is 369 g/mol. The minimum absolute atomic E-state index is 0.0796. The van der Waals surface area contributed by atoms with Crippen LogP contribution in [-0.4, -0.2) is 46.1 Å². The van der Waals surface area contributed by atoms with Gasteiger partial charge < -0.3 is 14.8 Å². The highest BCUT2D eigenvalue weighted by Crippen LogP contribution is 2.22. The van der Waals surface area contributed by atoms with Crippen LogP contribution in [0.5, 0.6) is 0 Å².